The fraction of sp³-hybridized carbons (Fsp3) is 0.375. The molecule has 2 heterocycles. The van der Waals surface area contributed by atoms with E-state index in [0.29, 0.717) is 49.7 Å². The number of para-hydroxylation sites is 1. The Morgan fingerprint density at radius 2 is 1.85 bits per heavy atom. The van der Waals surface area contributed by atoms with Gasteiger partial charge in [-0.15, -0.1) is 0 Å². The molecule has 3 aromatic rings. The van der Waals surface area contributed by atoms with Crippen molar-refractivity contribution in [2.24, 2.45) is 0 Å². The second kappa shape index (κ2) is 9.54. The smallest absolute Gasteiger partial charge is 0.254 e. The molecule has 1 aliphatic heterocycles. The summed E-state index contributed by atoms with van der Waals surface area (Å²) in [6.07, 6.45) is 0.549. The topological polar surface area (TPSA) is 92.7 Å². The Bertz CT molecular complexity index is 1290. The van der Waals surface area contributed by atoms with Crippen LogP contribution in [0.1, 0.15) is 34.4 Å². The number of aromatic nitrogens is 2. The van der Waals surface area contributed by atoms with Crippen LogP contribution in [0.2, 0.25) is 0 Å². The summed E-state index contributed by atoms with van der Waals surface area (Å²) in [5, 5.41) is 0.975. The molecule has 1 saturated heterocycles. The van der Waals surface area contributed by atoms with E-state index in [9.17, 15) is 13.2 Å². The Hall–Kier alpha value is -2.88. The highest BCUT2D eigenvalue weighted by molar-refractivity contribution is 7.89. The Balaban J connectivity index is 1.61. The van der Waals surface area contributed by atoms with Crippen LogP contribution in [-0.2, 0) is 27.7 Å². The number of sulfonamides is 1. The highest BCUT2D eigenvalue weighted by Gasteiger charge is 2.29. The molecule has 8 nitrogen and oxygen atoms in total. The number of carbonyl (C=O) groups excluding carboxylic acids is 1. The van der Waals surface area contributed by atoms with E-state index in [2.05, 4.69) is 9.97 Å². The average Bonchev–Trinajstić information content (AvgIpc) is 2.83. The highest BCUT2D eigenvalue weighted by Crippen LogP contribution is 2.24. The highest BCUT2D eigenvalue weighted by atomic mass is 32.2. The van der Waals surface area contributed by atoms with E-state index in [0.717, 1.165) is 16.6 Å². The van der Waals surface area contributed by atoms with Gasteiger partial charge >= 0.3 is 0 Å². The van der Waals surface area contributed by atoms with Gasteiger partial charge < -0.3 is 9.64 Å². The van der Waals surface area contributed by atoms with Crippen molar-refractivity contribution in [3.8, 4) is 0 Å². The third-order valence-corrected chi connectivity index (χ3v) is 7.83. The van der Waals surface area contributed by atoms with Gasteiger partial charge in [-0.2, -0.15) is 4.31 Å². The number of hydrogen-bond donors (Lipinski definition) is 0. The molecule has 1 amide bonds. The van der Waals surface area contributed by atoms with Gasteiger partial charge in [-0.3, -0.25) is 4.79 Å². The van der Waals surface area contributed by atoms with E-state index >= 15 is 0 Å². The molecule has 0 radical (unpaired) electrons. The molecule has 1 aliphatic rings. The predicted octanol–water partition coefficient (Wildman–Crippen LogP) is 2.79. The molecule has 0 N–H and O–H groups in total. The zero-order chi connectivity index (χ0) is 23.6. The number of hydrogen-bond acceptors (Lipinski definition) is 6. The summed E-state index contributed by atoms with van der Waals surface area (Å²) in [4.78, 5) is 24.0. The minimum atomic E-state index is -3.72. The molecule has 33 heavy (non-hydrogen) atoms. The third-order valence-electron chi connectivity index (χ3n) is 5.85. The zero-order valence-electron chi connectivity index (χ0n) is 19.1. The first-order valence-corrected chi connectivity index (χ1v) is 12.4. The molecule has 174 valence electrons. The molecule has 0 spiro atoms. The summed E-state index contributed by atoms with van der Waals surface area (Å²) < 4.78 is 33.3. The minimum Gasteiger partial charge on any atom is -0.379 e. The lowest BCUT2D eigenvalue weighted by atomic mass is 10.1. The number of rotatable bonds is 6. The zero-order valence-corrected chi connectivity index (χ0v) is 19.9. The van der Waals surface area contributed by atoms with Gasteiger partial charge in [0.25, 0.3) is 5.91 Å². The summed E-state index contributed by atoms with van der Waals surface area (Å²) >= 11 is 0. The number of carbonyl (C=O) groups is 1. The molecule has 0 bridgehead atoms. The van der Waals surface area contributed by atoms with Gasteiger partial charge in [0, 0.05) is 36.8 Å². The molecule has 4 rings (SSSR count). The Morgan fingerprint density at radius 3 is 2.58 bits per heavy atom. The fourth-order valence-corrected chi connectivity index (χ4v) is 5.74. The first-order valence-electron chi connectivity index (χ1n) is 11.0. The monoisotopic (exact) mass is 468 g/mol. The van der Waals surface area contributed by atoms with Gasteiger partial charge in [0.2, 0.25) is 10.0 Å². The number of fused-ring (bicyclic) bond motifs is 1. The second-order valence-electron chi connectivity index (χ2n) is 8.10. The molecule has 9 heteroatoms. The van der Waals surface area contributed by atoms with Crippen molar-refractivity contribution < 1.29 is 17.9 Å². The van der Waals surface area contributed by atoms with Crippen molar-refractivity contribution in [3.05, 3.63) is 65.1 Å². The summed E-state index contributed by atoms with van der Waals surface area (Å²) in [5.41, 5.74) is 2.68. The molecule has 0 aliphatic carbocycles. The largest absolute Gasteiger partial charge is 0.379 e. The van der Waals surface area contributed by atoms with Crippen LogP contribution in [0.25, 0.3) is 10.9 Å². The lowest BCUT2D eigenvalue weighted by molar-refractivity contribution is 0.0729. The summed E-state index contributed by atoms with van der Waals surface area (Å²) in [6, 6.07) is 12.6. The normalized spacial score (nSPS) is 15.0. The lowest BCUT2D eigenvalue weighted by Crippen LogP contribution is -2.41. The van der Waals surface area contributed by atoms with Gasteiger partial charge in [0.1, 0.15) is 5.82 Å². The van der Waals surface area contributed by atoms with Crippen LogP contribution in [0.4, 0.5) is 0 Å². The second-order valence-corrected chi connectivity index (χ2v) is 10.0. The first kappa shape index (κ1) is 23.3. The molecule has 1 aromatic heterocycles. The van der Waals surface area contributed by atoms with Crippen LogP contribution >= 0.6 is 0 Å². The van der Waals surface area contributed by atoms with E-state index in [-0.39, 0.29) is 17.3 Å². The van der Waals surface area contributed by atoms with E-state index in [1.165, 1.54) is 15.3 Å². The summed E-state index contributed by atoms with van der Waals surface area (Å²) in [7, 11) is -2.05. The summed E-state index contributed by atoms with van der Waals surface area (Å²) in [5.74, 6) is 0.249. The van der Waals surface area contributed by atoms with Crippen molar-refractivity contribution in [2.45, 2.75) is 31.7 Å². The van der Waals surface area contributed by atoms with Crippen molar-refractivity contribution in [1.29, 1.82) is 0 Å². The SMILES string of the molecule is CCc1ccc(C(=O)N(C)Cc2nc(C)c3ccccc3n2)cc1S(=O)(=O)N1CCOCC1. The maximum Gasteiger partial charge on any atom is 0.254 e. The molecule has 1 fully saturated rings. The van der Waals surface area contributed by atoms with Crippen LogP contribution < -0.4 is 0 Å². The van der Waals surface area contributed by atoms with Gasteiger partial charge in [0.05, 0.1) is 30.2 Å². The van der Waals surface area contributed by atoms with Gasteiger partial charge in [-0.25, -0.2) is 18.4 Å². The van der Waals surface area contributed by atoms with Crippen molar-refractivity contribution in [2.75, 3.05) is 33.4 Å². The molecule has 0 saturated carbocycles. The van der Waals surface area contributed by atoms with E-state index in [1.54, 1.807) is 19.2 Å². The number of morpholine rings is 1. The Kier molecular flexibility index (Phi) is 6.73. The quantitative estimate of drug-likeness (QED) is 0.552. The van der Waals surface area contributed by atoms with E-state index in [4.69, 9.17) is 4.74 Å². The van der Waals surface area contributed by atoms with Gasteiger partial charge in [-0.05, 0) is 37.1 Å². The lowest BCUT2D eigenvalue weighted by Gasteiger charge is -2.27. The molecular weight excluding hydrogens is 440 g/mol. The average molecular weight is 469 g/mol. The number of benzene rings is 2. The maximum atomic E-state index is 13.3. The maximum absolute atomic E-state index is 13.3. The number of ether oxygens (including phenoxy) is 1. The van der Waals surface area contributed by atoms with Crippen molar-refractivity contribution in [3.63, 3.8) is 0 Å². The van der Waals surface area contributed by atoms with Crippen LogP contribution in [0, 0.1) is 6.92 Å². The van der Waals surface area contributed by atoms with Crippen LogP contribution in [0.3, 0.4) is 0 Å². The van der Waals surface area contributed by atoms with Crippen molar-refractivity contribution >= 4 is 26.8 Å². The minimum absolute atomic E-state index is 0.184. The van der Waals surface area contributed by atoms with Gasteiger partial charge in [-0.1, -0.05) is 31.2 Å². The first-order chi connectivity index (χ1) is 15.8. The van der Waals surface area contributed by atoms with E-state index < -0.39 is 10.0 Å². The molecule has 2 aromatic carbocycles. The van der Waals surface area contributed by atoms with Gasteiger partial charge in [0.15, 0.2) is 0 Å². The molecule has 0 atom stereocenters. The standard InChI is InChI=1S/C24H28N4O4S/c1-4-18-9-10-19(15-22(18)33(30,31)28-11-13-32-14-12-28)24(29)27(3)16-23-25-17(2)20-7-5-6-8-21(20)26-23/h5-10,15H,4,11-14,16H2,1-3H3. The van der Waals surface area contributed by atoms with Crippen molar-refractivity contribution in [1.82, 2.24) is 19.2 Å². The summed E-state index contributed by atoms with van der Waals surface area (Å²) in [6.45, 7) is 5.39. The van der Waals surface area contributed by atoms with Crippen LogP contribution in [0.5, 0.6) is 0 Å². The van der Waals surface area contributed by atoms with Crippen LogP contribution in [0.15, 0.2) is 47.4 Å². The molecule has 0 unspecified atom stereocenters. The van der Waals surface area contributed by atoms with E-state index in [1.807, 2.05) is 38.1 Å². The number of amides is 1. The Morgan fingerprint density at radius 1 is 1.12 bits per heavy atom. The fourth-order valence-electron chi connectivity index (χ4n) is 4.02. The predicted molar refractivity (Wildman–Crippen MR) is 125 cm³/mol. The molecular formula is C24H28N4O4S. The Labute approximate surface area is 194 Å². The van der Waals surface area contributed by atoms with Crippen LogP contribution in [-0.4, -0.2) is 66.8 Å². The number of nitrogens with zero attached hydrogens (tertiary/aromatic N) is 4. The third kappa shape index (κ3) is 4.75. The number of aryl methyl sites for hydroxylation is 2.